The van der Waals surface area contributed by atoms with Gasteiger partial charge < -0.3 is 10.7 Å². The van der Waals surface area contributed by atoms with Gasteiger partial charge in [0.05, 0.1) is 5.02 Å². The molecule has 3 nitrogen and oxygen atoms in total. The third kappa shape index (κ3) is 1.56. The van der Waals surface area contributed by atoms with Crippen molar-refractivity contribution in [2.75, 3.05) is 5.73 Å². The van der Waals surface area contributed by atoms with Crippen LogP contribution in [0.15, 0.2) is 42.7 Å². The number of benzene rings is 1. The topological polar surface area (TPSA) is 54.7 Å². The van der Waals surface area contributed by atoms with Crippen LogP contribution in [-0.4, -0.2) is 9.97 Å². The number of pyridine rings is 1. The van der Waals surface area contributed by atoms with Gasteiger partial charge in [-0.1, -0.05) is 29.8 Å². The molecule has 3 aromatic rings. The summed E-state index contributed by atoms with van der Waals surface area (Å²) in [6.45, 7) is 0. The molecule has 84 valence electrons. The fourth-order valence-corrected chi connectivity index (χ4v) is 2.23. The van der Waals surface area contributed by atoms with Crippen molar-refractivity contribution in [1.82, 2.24) is 9.97 Å². The molecular weight excluding hydrogens is 234 g/mol. The van der Waals surface area contributed by atoms with Gasteiger partial charge >= 0.3 is 0 Å². The van der Waals surface area contributed by atoms with Crippen LogP contribution >= 0.6 is 11.6 Å². The van der Waals surface area contributed by atoms with Crippen LogP contribution in [0.3, 0.4) is 0 Å². The number of para-hydroxylation sites is 1. The molecule has 0 saturated heterocycles. The summed E-state index contributed by atoms with van der Waals surface area (Å²) in [6.07, 6.45) is 3.48. The average molecular weight is 244 g/mol. The van der Waals surface area contributed by atoms with Crippen molar-refractivity contribution in [2.24, 2.45) is 0 Å². The van der Waals surface area contributed by atoms with E-state index >= 15 is 0 Å². The summed E-state index contributed by atoms with van der Waals surface area (Å²) in [5.41, 5.74) is 9.38. The number of nitrogens with zero attached hydrogens (tertiary/aromatic N) is 1. The lowest BCUT2D eigenvalue weighted by atomic mass is 10.0. The van der Waals surface area contributed by atoms with Gasteiger partial charge in [-0.15, -0.1) is 0 Å². The monoisotopic (exact) mass is 243 g/mol. The Kier molecular flexibility index (Phi) is 2.27. The molecule has 0 aliphatic rings. The predicted octanol–water partition coefficient (Wildman–Crippen LogP) is 3.47. The largest absolute Gasteiger partial charge is 0.398 e. The van der Waals surface area contributed by atoms with E-state index in [0.717, 1.165) is 22.2 Å². The van der Waals surface area contributed by atoms with Crippen LogP contribution in [0, 0.1) is 0 Å². The Morgan fingerprint density at radius 2 is 2.00 bits per heavy atom. The summed E-state index contributed by atoms with van der Waals surface area (Å²) in [5.74, 6) is 0. The minimum Gasteiger partial charge on any atom is -0.398 e. The van der Waals surface area contributed by atoms with Crippen LogP contribution in [0.4, 0.5) is 5.69 Å². The maximum Gasteiger partial charge on any atom is 0.137 e. The third-order valence-corrected chi connectivity index (χ3v) is 3.06. The van der Waals surface area contributed by atoms with Crippen LogP contribution in [-0.2, 0) is 0 Å². The molecular formula is C13H10ClN3. The number of nitrogens with two attached hydrogens (primary N) is 1. The van der Waals surface area contributed by atoms with Gasteiger partial charge in [0.2, 0.25) is 0 Å². The summed E-state index contributed by atoms with van der Waals surface area (Å²) < 4.78 is 0. The first-order valence-corrected chi connectivity index (χ1v) is 5.61. The molecule has 0 unspecified atom stereocenters. The van der Waals surface area contributed by atoms with Gasteiger partial charge in [-0.25, -0.2) is 4.98 Å². The van der Waals surface area contributed by atoms with Crippen molar-refractivity contribution in [3.05, 3.63) is 47.7 Å². The number of nitrogen functional groups attached to an aromatic ring is 1. The summed E-state index contributed by atoms with van der Waals surface area (Å²) >= 11 is 6.23. The minimum atomic E-state index is 0.606. The number of H-pyrrole nitrogens is 1. The third-order valence-electron chi connectivity index (χ3n) is 2.77. The lowest BCUT2D eigenvalue weighted by Gasteiger charge is -2.08. The second-order valence-electron chi connectivity index (χ2n) is 3.81. The average Bonchev–Trinajstić information content (AvgIpc) is 2.79. The highest BCUT2D eigenvalue weighted by Crippen LogP contribution is 2.36. The molecule has 0 aliphatic carbocycles. The summed E-state index contributed by atoms with van der Waals surface area (Å²) in [5, 5.41) is 1.59. The second kappa shape index (κ2) is 3.79. The lowest BCUT2D eigenvalue weighted by Crippen LogP contribution is -1.91. The summed E-state index contributed by atoms with van der Waals surface area (Å²) in [4.78, 5) is 7.29. The van der Waals surface area contributed by atoms with Crippen molar-refractivity contribution in [1.29, 1.82) is 0 Å². The number of nitrogens with one attached hydrogen (secondary N) is 1. The molecule has 17 heavy (non-hydrogen) atoms. The van der Waals surface area contributed by atoms with E-state index < -0.39 is 0 Å². The maximum atomic E-state index is 6.23. The first-order chi connectivity index (χ1) is 8.27. The van der Waals surface area contributed by atoms with Gasteiger partial charge in [-0.05, 0) is 12.1 Å². The first-order valence-electron chi connectivity index (χ1n) is 5.24. The fraction of sp³-hybridized carbons (Fsp3) is 0. The standard InChI is InChI=1S/C13H10ClN3/c14-10-7-17-13-9(5-6-16-13)12(10)8-3-1-2-4-11(8)15/h1-7H,15H2,(H,16,17). The normalized spacial score (nSPS) is 10.9. The van der Waals surface area contributed by atoms with Crippen molar-refractivity contribution >= 4 is 28.3 Å². The number of anilines is 1. The molecule has 4 heteroatoms. The highest BCUT2D eigenvalue weighted by Gasteiger charge is 2.12. The van der Waals surface area contributed by atoms with E-state index in [-0.39, 0.29) is 0 Å². The Bertz CT molecular complexity index is 688. The molecule has 3 N–H and O–H groups in total. The van der Waals surface area contributed by atoms with Gasteiger partial charge in [0.25, 0.3) is 0 Å². The van der Waals surface area contributed by atoms with Crippen molar-refractivity contribution in [2.45, 2.75) is 0 Å². The molecule has 1 aromatic carbocycles. The van der Waals surface area contributed by atoms with Crippen molar-refractivity contribution < 1.29 is 0 Å². The van der Waals surface area contributed by atoms with E-state index in [1.807, 2.05) is 36.5 Å². The van der Waals surface area contributed by atoms with Crippen molar-refractivity contribution in [3.63, 3.8) is 0 Å². The number of aromatic amines is 1. The summed E-state index contributed by atoms with van der Waals surface area (Å²) in [6, 6.07) is 9.63. The van der Waals surface area contributed by atoms with E-state index in [4.69, 9.17) is 17.3 Å². The predicted molar refractivity (Wildman–Crippen MR) is 71.0 cm³/mol. The van der Waals surface area contributed by atoms with Crippen LogP contribution < -0.4 is 5.73 Å². The van der Waals surface area contributed by atoms with E-state index in [2.05, 4.69) is 9.97 Å². The number of aromatic nitrogens is 2. The van der Waals surface area contributed by atoms with E-state index in [9.17, 15) is 0 Å². The van der Waals surface area contributed by atoms with Gasteiger partial charge in [0.15, 0.2) is 0 Å². The number of halogens is 1. The summed E-state index contributed by atoms with van der Waals surface area (Å²) in [7, 11) is 0. The Labute approximate surface area is 103 Å². The van der Waals surface area contributed by atoms with E-state index in [1.165, 1.54) is 0 Å². The highest BCUT2D eigenvalue weighted by molar-refractivity contribution is 6.35. The van der Waals surface area contributed by atoms with E-state index in [0.29, 0.717) is 10.7 Å². The molecule has 0 fully saturated rings. The zero-order valence-corrected chi connectivity index (χ0v) is 9.70. The number of rotatable bonds is 1. The quantitative estimate of drug-likeness (QED) is 0.643. The molecule has 0 amide bonds. The Morgan fingerprint density at radius 1 is 1.18 bits per heavy atom. The number of hydrogen-bond acceptors (Lipinski definition) is 2. The molecule has 0 radical (unpaired) electrons. The van der Waals surface area contributed by atoms with Crippen LogP contribution in [0.1, 0.15) is 0 Å². The highest BCUT2D eigenvalue weighted by atomic mass is 35.5. The smallest absolute Gasteiger partial charge is 0.137 e. The molecule has 2 aromatic heterocycles. The minimum absolute atomic E-state index is 0.606. The first kappa shape index (κ1) is 10.2. The maximum absolute atomic E-state index is 6.23. The van der Waals surface area contributed by atoms with E-state index in [1.54, 1.807) is 6.20 Å². The van der Waals surface area contributed by atoms with Gasteiger partial charge in [-0.2, -0.15) is 0 Å². The van der Waals surface area contributed by atoms with Gasteiger partial charge in [0, 0.05) is 34.6 Å². The second-order valence-corrected chi connectivity index (χ2v) is 4.22. The van der Waals surface area contributed by atoms with Gasteiger partial charge in [-0.3, -0.25) is 0 Å². The molecule has 0 bridgehead atoms. The Balaban J connectivity index is 2.40. The van der Waals surface area contributed by atoms with Crippen LogP contribution in [0.2, 0.25) is 5.02 Å². The molecule has 0 saturated carbocycles. The molecule has 0 atom stereocenters. The van der Waals surface area contributed by atoms with Crippen LogP contribution in [0.5, 0.6) is 0 Å². The fourth-order valence-electron chi connectivity index (χ4n) is 1.98. The number of fused-ring (bicyclic) bond motifs is 1. The van der Waals surface area contributed by atoms with Crippen LogP contribution in [0.25, 0.3) is 22.2 Å². The van der Waals surface area contributed by atoms with Crippen molar-refractivity contribution in [3.8, 4) is 11.1 Å². The SMILES string of the molecule is Nc1ccccc1-c1c(Cl)cnc2[nH]ccc12. The lowest BCUT2D eigenvalue weighted by molar-refractivity contribution is 1.33. The molecule has 0 spiro atoms. The molecule has 0 aliphatic heterocycles. The van der Waals surface area contributed by atoms with Gasteiger partial charge in [0.1, 0.15) is 5.65 Å². The Morgan fingerprint density at radius 3 is 2.82 bits per heavy atom. The Hall–Kier alpha value is -2.00. The number of hydrogen-bond donors (Lipinski definition) is 2. The zero-order chi connectivity index (χ0) is 11.8. The molecule has 3 rings (SSSR count). The zero-order valence-electron chi connectivity index (χ0n) is 8.94. The molecule has 2 heterocycles.